The van der Waals surface area contributed by atoms with E-state index in [1.54, 1.807) is 24.3 Å². The molecule has 8 heteroatoms. The van der Waals surface area contributed by atoms with Crippen molar-refractivity contribution in [1.29, 1.82) is 0 Å². The van der Waals surface area contributed by atoms with Crippen LogP contribution in [0.4, 0.5) is 0 Å². The summed E-state index contributed by atoms with van der Waals surface area (Å²) < 4.78 is 27.6. The summed E-state index contributed by atoms with van der Waals surface area (Å²) >= 11 is 0. The van der Waals surface area contributed by atoms with Gasteiger partial charge in [0.1, 0.15) is 5.75 Å². The molecule has 0 saturated heterocycles. The number of hydrogen-bond acceptors (Lipinski definition) is 5. The van der Waals surface area contributed by atoms with Crippen LogP contribution < -0.4 is 15.2 Å². The van der Waals surface area contributed by atoms with Gasteiger partial charge in [-0.15, -0.1) is 0 Å². The van der Waals surface area contributed by atoms with E-state index in [-0.39, 0.29) is 36.0 Å². The summed E-state index contributed by atoms with van der Waals surface area (Å²) in [6.07, 6.45) is 0.112. The van der Waals surface area contributed by atoms with Gasteiger partial charge in [-0.1, -0.05) is 23.8 Å². The smallest absolute Gasteiger partial charge is 0.238 e. The molecule has 0 bridgehead atoms. The molecule has 0 heterocycles. The van der Waals surface area contributed by atoms with E-state index in [1.165, 1.54) is 19.2 Å². The Hall–Kier alpha value is -2.71. The second kappa shape index (κ2) is 8.79. The lowest BCUT2D eigenvalue weighted by molar-refractivity contribution is -0.121. The number of carbonyl (C=O) groups is 2. The highest BCUT2D eigenvalue weighted by atomic mass is 32.2. The number of nitrogens with two attached hydrogens (primary N) is 1. The quantitative estimate of drug-likeness (QED) is 0.668. The van der Waals surface area contributed by atoms with Gasteiger partial charge in [0, 0.05) is 19.4 Å². The monoisotopic (exact) mass is 390 g/mol. The van der Waals surface area contributed by atoms with E-state index in [0.29, 0.717) is 11.3 Å². The fraction of sp³-hybridized carbons (Fsp3) is 0.263. The van der Waals surface area contributed by atoms with Crippen LogP contribution in [0.25, 0.3) is 0 Å². The van der Waals surface area contributed by atoms with Gasteiger partial charge >= 0.3 is 0 Å². The SMILES string of the molecule is COc1ccc(C)cc1C(=O)CCC(=O)NCc1ccc(S(N)(=O)=O)cc1. The summed E-state index contributed by atoms with van der Waals surface area (Å²) in [4.78, 5) is 24.4. The maximum absolute atomic E-state index is 12.4. The van der Waals surface area contributed by atoms with E-state index in [0.717, 1.165) is 11.1 Å². The predicted octanol–water partition coefficient (Wildman–Crippen LogP) is 1.93. The van der Waals surface area contributed by atoms with Crippen molar-refractivity contribution in [3.8, 4) is 5.75 Å². The Labute approximate surface area is 158 Å². The number of amides is 1. The van der Waals surface area contributed by atoms with Crippen LogP contribution in [0.2, 0.25) is 0 Å². The van der Waals surface area contributed by atoms with Gasteiger partial charge < -0.3 is 10.1 Å². The Balaban J connectivity index is 1.88. The van der Waals surface area contributed by atoms with Crippen LogP contribution in [-0.4, -0.2) is 27.2 Å². The molecule has 0 atom stereocenters. The molecule has 0 aliphatic rings. The second-order valence-corrected chi connectivity index (χ2v) is 7.65. The Kier molecular flexibility index (Phi) is 6.70. The minimum Gasteiger partial charge on any atom is -0.496 e. The van der Waals surface area contributed by atoms with Crippen molar-refractivity contribution >= 4 is 21.7 Å². The third kappa shape index (κ3) is 5.90. The minimum atomic E-state index is -3.74. The number of ether oxygens (including phenoxy) is 1. The number of sulfonamides is 1. The lowest BCUT2D eigenvalue weighted by atomic mass is 10.0. The molecule has 1 amide bonds. The van der Waals surface area contributed by atoms with Crippen LogP contribution in [-0.2, 0) is 21.4 Å². The highest BCUT2D eigenvalue weighted by molar-refractivity contribution is 7.89. The zero-order chi connectivity index (χ0) is 20.0. The molecule has 3 N–H and O–H groups in total. The van der Waals surface area contributed by atoms with E-state index >= 15 is 0 Å². The van der Waals surface area contributed by atoms with Crippen molar-refractivity contribution in [3.05, 3.63) is 59.2 Å². The standard InChI is InChI=1S/C19H22N2O5S/c1-13-3-9-18(26-2)16(11-13)17(22)8-10-19(23)21-12-14-4-6-15(7-5-14)27(20,24)25/h3-7,9,11H,8,10,12H2,1-2H3,(H,21,23)(H2,20,24,25). The number of rotatable bonds is 8. The van der Waals surface area contributed by atoms with Crippen molar-refractivity contribution in [1.82, 2.24) is 5.32 Å². The molecule has 0 unspecified atom stereocenters. The number of benzene rings is 2. The molecule has 0 saturated carbocycles. The van der Waals surface area contributed by atoms with Gasteiger partial charge in [-0.25, -0.2) is 13.6 Å². The Morgan fingerprint density at radius 2 is 1.74 bits per heavy atom. The topological polar surface area (TPSA) is 116 Å². The number of nitrogens with one attached hydrogen (secondary N) is 1. The number of aryl methyl sites for hydroxylation is 1. The van der Waals surface area contributed by atoms with E-state index in [1.807, 2.05) is 13.0 Å². The maximum Gasteiger partial charge on any atom is 0.238 e. The predicted molar refractivity (Wildman–Crippen MR) is 101 cm³/mol. The second-order valence-electron chi connectivity index (χ2n) is 6.09. The molecule has 0 spiro atoms. The summed E-state index contributed by atoms with van der Waals surface area (Å²) in [5.74, 6) is 0.0506. The lowest BCUT2D eigenvalue weighted by Crippen LogP contribution is -2.23. The first-order valence-corrected chi connectivity index (χ1v) is 9.81. The van der Waals surface area contributed by atoms with Crippen molar-refractivity contribution in [2.24, 2.45) is 5.14 Å². The first-order chi connectivity index (χ1) is 12.7. The summed E-state index contributed by atoms with van der Waals surface area (Å²) in [7, 11) is -2.24. The summed E-state index contributed by atoms with van der Waals surface area (Å²) in [6, 6.07) is 11.2. The van der Waals surface area contributed by atoms with Gasteiger partial charge in [0.25, 0.3) is 0 Å². The van der Waals surface area contributed by atoms with Crippen LogP contribution in [0.5, 0.6) is 5.75 Å². The van der Waals surface area contributed by atoms with E-state index < -0.39 is 10.0 Å². The van der Waals surface area contributed by atoms with E-state index in [9.17, 15) is 18.0 Å². The molecular formula is C19H22N2O5S. The highest BCUT2D eigenvalue weighted by Crippen LogP contribution is 2.21. The molecule has 0 aliphatic carbocycles. The van der Waals surface area contributed by atoms with Gasteiger partial charge in [0.2, 0.25) is 15.9 Å². The van der Waals surface area contributed by atoms with Crippen LogP contribution in [0, 0.1) is 6.92 Å². The highest BCUT2D eigenvalue weighted by Gasteiger charge is 2.14. The van der Waals surface area contributed by atoms with E-state index in [4.69, 9.17) is 9.88 Å². The van der Waals surface area contributed by atoms with Gasteiger partial charge in [-0.05, 0) is 36.8 Å². The summed E-state index contributed by atoms with van der Waals surface area (Å²) in [6.45, 7) is 2.11. The first kappa shape index (κ1) is 20.6. The third-order valence-corrected chi connectivity index (χ3v) is 4.91. The molecule has 2 aromatic carbocycles. The normalized spacial score (nSPS) is 11.1. The summed E-state index contributed by atoms with van der Waals surface area (Å²) in [5, 5.41) is 7.74. The van der Waals surface area contributed by atoms with Gasteiger partial charge in [-0.3, -0.25) is 9.59 Å². The van der Waals surface area contributed by atoms with Gasteiger partial charge in [0.15, 0.2) is 5.78 Å². The van der Waals surface area contributed by atoms with Crippen molar-refractivity contribution in [2.75, 3.05) is 7.11 Å². The number of primary sulfonamides is 1. The molecule has 144 valence electrons. The number of hydrogen-bond donors (Lipinski definition) is 2. The van der Waals surface area contributed by atoms with Crippen molar-refractivity contribution in [2.45, 2.75) is 31.2 Å². The maximum atomic E-state index is 12.4. The largest absolute Gasteiger partial charge is 0.496 e. The molecule has 2 rings (SSSR count). The number of carbonyl (C=O) groups excluding carboxylic acids is 2. The number of Topliss-reactive ketones (excluding diaryl/α,β-unsaturated/α-hetero) is 1. The molecule has 0 radical (unpaired) electrons. The number of methoxy groups -OCH3 is 1. The molecule has 7 nitrogen and oxygen atoms in total. The van der Waals surface area contributed by atoms with Gasteiger partial charge in [0.05, 0.1) is 17.6 Å². The molecule has 0 aromatic heterocycles. The molecule has 0 aliphatic heterocycles. The first-order valence-electron chi connectivity index (χ1n) is 8.27. The lowest BCUT2D eigenvalue weighted by Gasteiger charge is -2.09. The Morgan fingerprint density at radius 3 is 2.33 bits per heavy atom. The van der Waals surface area contributed by atoms with Crippen LogP contribution in [0.1, 0.15) is 34.3 Å². The fourth-order valence-electron chi connectivity index (χ4n) is 2.49. The van der Waals surface area contributed by atoms with Crippen LogP contribution >= 0.6 is 0 Å². The zero-order valence-corrected chi connectivity index (χ0v) is 16.0. The van der Waals surface area contributed by atoms with E-state index in [2.05, 4.69) is 5.32 Å². The fourth-order valence-corrected chi connectivity index (χ4v) is 3.00. The average Bonchev–Trinajstić information content (AvgIpc) is 2.64. The minimum absolute atomic E-state index is 0.00951. The van der Waals surface area contributed by atoms with Crippen LogP contribution in [0.15, 0.2) is 47.4 Å². The molecular weight excluding hydrogens is 368 g/mol. The molecule has 2 aromatic rings. The Morgan fingerprint density at radius 1 is 1.07 bits per heavy atom. The van der Waals surface area contributed by atoms with Crippen molar-refractivity contribution in [3.63, 3.8) is 0 Å². The van der Waals surface area contributed by atoms with Gasteiger partial charge in [-0.2, -0.15) is 0 Å². The molecule has 27 heavy (non-hydrogen) atoms. The molecule has 0 fully saturated rings. The number of ketones is 1. The third-order valence-electron chi connectivity index (χ3n) is 3.98. The Bertz CT molecular complexity index is 937. The summed E-state index contributed by atoms with van der Waals surface area (Å²) in [5.41, 5.74) is 2.12. The van der Waals surface area contributed by atoms with Crippen molar-refractivity contribution < 1.29 is 22.7 Å². The average molecular weight is 390 g/mol. The van der Waals surface area contributed by atoms with Crippen LogP contribution in [0.3, 0.4) is 0 Å². The zero-order valence-electron chi connectivity index (χ0n) is 15.2.